The number of carbonyl (C=O) groups is 2. The number of rotatable bonds is 6. The second-order valence-corrected chi connectivity index (χ2v) is 10.9. The number of fused-ring (bicyclic) bond motifs is 1. The SMILES string of the molecule is CC1=C(C(=O)OCCc2ccccc2)[C@H](c2cccc3ccccc23)C2=C(C[C@H](c3ccc(Cl)cc3)CC2=O)N1. The average molecular weight is 548 g/mol. The predicted molar refractivity (Wildman–Crippen MR) is 159 cm³/mol. The topological polar surface area (TPSA) is 55.4 Å². The van der Waals surface area contributed by atoms with Gasteiger partial charge in [0.1, 0.15) is 0 Å². The first-order chi connectivity index (χ1) is 19.5. The molecule has 0 aromatic heterocycles. The standard InChI is InChI=1S/C35H30ClNO3/c1-22-32(35(39)40-19-18-23-8-3-2-4-9-23)33(29-13-7-11-25-10-5-6-12-28(25)29)34-30(37-22)20-26(21-31(34)38)24-14-16-27(36)17-15-24/h2-17,26,33,37H,18-21H2,1H3/t26-,33-/m0/s1. The zero-order chi connectivity index (χ0) is 27.6. The minimum atomic E-state index is -0.509. The highest BCUT2D eigenvalue weighted by molar-refractivity contribution is 6.30. The van der Waals surface area contributed by atoms with Gasteiger partial charge in [-0.1, -0.05) is 96.5 Å². The fraction of sp³-hybridized carbons (Fsp3) is 0.200. The van der Waals surface area contributed by atoms with Crippen LogP contribution in [0.15, 0.2) is 120 Å². The van der Waals surface area contributed by atoms with Crippen LogP contribution in [0.1, 0.15) is 48.3 Å². The van der Waals surface area contributed by atoms with Gasteiger partial charge >= 0.3 is 5.97 Å². The number of allylic oxidation sites excluding steroid dienone is 3. The van der Waals surface area contributed by atoms with Crippen LogP contribution in [0.25, 0.3) is 10.8 Å². The Morgan fingerprint density at radius 1 is 0.900 bits per heavy atom. The average Bonchev–Trinajstić information content (AvgIpc) is 2.97. The maximum atomic E-state index is 14.0. The molecule has 4 aromatic rings. The summed E-state index contributed by atoms with van der Waals surface area (Å²) < 4.78 is 5.85. The van der Waals surface area contributed by atoms with E-state index in [1.807, 2.05) is 85.8 Å². The number of dihydropyridines is 1. The lowest BCUT2D eigenvalue weighted by atomic mass is 9.71. The molecular formula is C35H30ClNO3. The monoisotopic (exact) mass is 547 g/mol. The van der Waals surface area contributed by atoms with Crippen LogP contribution in [-0.2, 0) is 20.7 Å². The molecule has 1 aliphatic carbocycles. The Labute approximate surface area is 239 Å². The molecule has 6 rings (SSSR count). The van der Waals surface area contributed by atoms with Crippen molar-refractivity contribution >= 4 is 34.1 Å². The number of benzene rings is 4. The predicted octanol–water partition coefficient (Wildman–Crippen LogP) is 7.64. The highest BCUT2D eigenvalue weighted by Crippen LogP contribution is 2.47. The molecule has 1 N–H and O–H groups in total. The zero-order valence-electron chi connectivity index (χ0n) is 22.3. The van der Waals surface area contributed by atoms with Gasteiger partial charge in [-0.05, 0) is 58.9 Å². The molecule has 0 bridgehead atoms. The van der Waals surface area contributed by atoms with Gasteiger partial charge in [-0.25, -0.2) is 4.79 Å². The van der Waals surface area contributed by atoms with Crippen molar-refractivity contribution in [3.05, 3.63) is 141 Å². The second kappa shape index (κ2) is 11.1. The minimum Gasteiger partial charge on any atom is -0.462 e. The molecule has 0 fully saturated rings. The van der Waals surface area contributed by atoms with E-state index in [-0.39, 0.29) is 18.3 Å². The third kappa shape index (κ3) is 5.07. The number of esters is 1. The summed E-state index contributed by atoms with van der Waals surface area (Å²) in [6, 6.07) is 31.9. The Kier molecular flexibility index (Phi) is 7.27. The number of hydrogen-bond donors (Lipinski definition) is 1. The lowest BCUT2D eigenvalue weighted by Gasteiger charge is -2.37. The Hall–Kier alpha value is -4.15. The second-order valence-electron chi connectivity index (χ2n) is 10.5. The summed E-state index contributed by atoms with van der Waals surface area (Å²) in [6.45, 7) is 2.17. The van der Waals surface area contributed by atoms with Crippen LogP contribution >= 0.6 is 11.6 Å². The Morgan fingerprint density at radius 2 is 1.62 bits per heavy atom. The maximum Gasteiger partial charge on any atom is 0.336 e. The normalized spacial score (nSPS) is 18.9. The van der Waals surface area contributed by atoms with Crippen LogP contribution in [0.3, 0.4) is 0 Å². The molecule has 1 aliphatic heterocycles. The van der Waals surface area contributed by atoms with Crippen molar-refractivity contribution in [3.63, 3.8) is 0 Å². The fourth-order valence-electron chi connectivity index (χ4n) is 6.08. The van der Waals surface area contributed by atoms with Crippen molar-refractivity contribution in [3.8, 4) is 0 Å². The quantitative estimate of drug-likeness (QED) is 0.252. The molecule has 1 heterocycles. The summed E-state index contributed by atoms with van der Waals surface area (Å²) in [5.74, 6) is -0.812. The minimum absolute atomic E-state index is 0.0383. The lowest BCUT2D eigenvalue weighted by Crippen LogP contribution is -2.36. The first-order valence-corrected chi connectivity index (χ1v) is 14.1. The fourth-order valence-corrected chi connectivity index (χ4v) is 6.20. The van der Waals surface area contributed by atoms with Crippen molar-refractivity contribution in [1.82, 2.24) is 5.32 Å². The van der Waals surface area contributed by atoms with Crippen molar-refractivity contribution in [2.24, 2.45) is 0 Å². The van der Waals surface area contributed by atoms with Crippen LogP contribution < -0.4 is 5.32 Å². The van der Waals surface area contributed by atoms with Gasteiger partial charge in [-0.3, -0.25) is 4.79 Å². The molecule has 2 atom stereocenters. The van der Waals surface area contributed by atoms with Crippen LogP contribution in [0, 0.1) is 0 Å². The molecular weight excluding hydrogens is 518 g/mol. The summed E-state index contributed by atoms with van der Waals surface area (Å²) >= 11 is 6.12. The lowest BCUT2D eigenvalue weighted by molar-refractivity contribution is -0.139. The third-order valence-corrected chi connectivity index (χ3v) is 8.24. The molecule has 5 heteroatoms. The van der Waals surface area contributed by atoms with Gasteiger partial charge in [0.25, 0.3) is 0 Å². The van der Waals surface area contributed by atoms with Gasteiger partial charge in [0.05, 0.1) is 12.2 Å². The largest absolute Gasteiger partial charge is 0.462 e. The molecule has 200 valence electrons. The van der Waals surface area contributed by atoms with Crippen LogP contribution in [0.2, 0.25) is 5.02 Å². The molecule has 0 spiro atoms. The van der Waals surface area contributed by atoms with Gasteiger partial charge in [0.15, 0.2) is 5.78 Å². The van der Waals surface area contributed by atoms with E-state index >= 15 is 0 Å². The summed E-state index contributed by atoms with van der Waals surface area (Å²) in [7, 11) is 0. The zero-order valence-corrected chi connectivity index (χ0v) is 23.1. The van der Waals surface area contributed by atoms with Crippen LogP contribution in [-0.4, -0.2) is 18.4 Å². The molecule has 0 unspecified atom stereocenters. The molecule has 0 amide bonds. The van der Waals surface area contributed by atoms with Gasteiger partial charge in [-0.2, -0.15) is 0 Å². The highest BCUT2D eigenvalue weighted by atomic mass is 35.5. The van der Waals surface area contributed by atoms with E-state index in [0.29, 0.717) is 35.4 Å². The number of nitrogens with one attached hydrogen (secondary N) is 1. The van der Waals surface area contributed by atoms with Crippen molar-refractivity contribution in [1.29, 1.82) is 0 Å². The number of ether oxygens (including phenoxy) is 1. The maximum absolute atomic E-state index is 14.0. The Balaban J connectivity index is 1.39. The van der Waals surface area contributed by atoms with Crippen molar-refractivity contribution in [2.75, 3.05) is 6.61 Å². The highest BCUT2D eigenvalue weighted by Gasteiger charge is 2.42. The molecule has 0 radical (unpaired) electrons. The first kappa shape index (κ1) is 26.1. The molecule has 0 saturated carbocycles. The van der Waals surface area contributed by atoms with Gasteiger partial charge < -0.3 is 10.1 Å². The van der Waals surface area contributed by atoms with E-state index in [4.69, 9.17) is 16.3 Å². The van der Waals surface area contributed by atoms with Crippen LogP contribution in [0.4, 0.5) is 0 Å². The molecule has 0 saturated heterocycles. The number of hydrogen-bond acceptors (Lipinski definition) is 4. The number of Topliss-reactive ketones (excluding diaryl/α,β-unsaturated/α-hetero) is 1. The van der Waals surface area contributed by atoms with Gasteiger partial charge in [-0.15, -0.1) is 0 Å². The first-order valence-electron chi connectivity index (χ1n) is 13.7. The summed E-state index contributed by atoms with van der Waals surface area (Å²) in [4.78, 5) is 27.7. The summed E-state index contributed by atoms with van der Waals surface area (Å²) in [5.41, 5.74) is 5.91. The third-order valence-electron chi connectivity index (χ3n) is 7.99. The van der Waals surface area contributed by atoms with Crippen LogP contribution in [0.5, 0.6) is 0 Å². The Morgan fingerprint density at radius 3 is 2.42 bits per heavy atom. The van der Waals surface area contributed by atoms with Crippen molar-refractivity contribution in [2.45, 2.75) is 38.0 Å². The molecule has 4 nitrogen and oxygen atoms in total. The Bertz CT molecular complexity index is 1650. The molecule has 40 heavy (non-hydrogen) atoms. The number of halogens is 1. The van der Waals surface area contributed by atoms with Gasteiger partial charge in [0.2, 0.25) is 0 Å². The summed E-state index contributed by atoms with van der Waals surface area (Å²) in [6.07, 6.45) is 1.68. The van der Waals surface area contributed by atoms with Crippen molar-refractivity contribution < 1.29 is 14.3 Å². The molecule has 4 aromatic carbocycles. The van der Waals surface area contributed by atoms with E-state index in [9.17, 15) is 9.59 Å². The molecule has 2 aliphatic rings. The smallest absolute Gasteiger partial charge is 0.336 e. The van der Waals surface area contributed by atoms with E-state index in [1.165, 1.54) is 0 Å². The van der Waals surface area contributed by atoms with E-state index < -0.39 is 11.9 Å². The van der Waals surface area contributed by atoms with E-state index in [0.717, 1.165) is 38.9 Å². The van der Waals surface area contributed by atoms with E-state index in [1.54, 1.807) is 0 Å². The van der Waals surface area contributed by atoms with Gasteiger partial charge in [0, 0.05) is 40.7 Å². The van der Waals surface area contributed by atoms with E-state index in [2.05, 4.69) is 23.5 Å². The number of ketones is 1. The number of carbonyl (C=O) groups excluding carboxylic acids is 2. The summed E-state index contributed by atoms with van der Waals surface area (Å²) in [5, 5.41) is 6.22.